The second-order valence-electron chi connectivity index (χ2n) is 7.92. The molecule has 2 bridgehead atoms. The molecule has 6 nitrogen and oxygen atoms in total. The van der Waals surface area contributed by atoms with Crippen LogP contribution in [-0.2, 0) is 9.59 Å². The maximum absolute atomic E-state index is 13.0. The van der Waals surface area contributed by atoms with E-state index in [2.05, 4.69) is 10.5 Å². The van der Waals surface area contributed by atoms with Gasteiger partial charge in [-0.25, -0.2) is 0 Å². The Balaban J connectivity index is 1.55. The summed E-state index contributed by atoms with van der Waals surface area (Å²) in [5, 5.41) is 4.11. The molecule has 0 unspecified atom stereocenters. The molecule has 1 aliphatic carbocycles. The van der Waals surface area contributed by atoms with E-state index in [0.29, 0.717) is 4.32 Å². The molecule has 1 N–H and O–H groups in total. The molecule has 1 aliphatic heterocycles. The van der Waals surface area contributed by atoms with Gasteiger partial charge < -0.3 is 4.74 Å². The lowest BCUT2D eigenvalue weighted by Crippen LogP contribution is -2.58. The zero-order valence-electron chi connectivity index (χ0n) is 16.5. The standard InChI is InChI=1S/C20H25N3O3S2/c1-19(2)15-9-10-20(19,3)17(25)23(16(15)24)12-28-18(27)22-21-11-13-5-7-14(26-4)8-6-13/h5-8,11,15H,9-10,12H2,1-4H3,(H,22,27)/t15-,20-/m0/s1. The lowest BCUT2D eigenvalue weighted by Gasteiger charge is -2.47. The number of thioether (sulfide) groups is 1. The first-order valence-electron chi connectivity index (χ1n) is 9.16. The van der Waals surface area contributed by atoms with E-state index in [0.717, 1.165) is 24.2 Å². The fourth-order valence-corrected chi connectivity index (χ4v) is 4.85. The van der Waals surface area contributed by atoms with Crippen LogP contribution in [0.2, 0.25) is 0 Å². The Kier molecular flexibility index (Phi) is 5.82. The van der Waals surface area contributed by atoms with E-state index >= 15 is 0 Å². The molecule has 0 radical (unpaired) electrons. The number of benzene rings is 1. The third-order valence-electron chi connectivity index (χ3n) is 6.32. The molecule has 1 saturated carbocycles. The van der Waals surface area contributed by atoms with Crippen molar-refractivity contribution in [1.82, 2.24) is 10.3 Å². The van der Waals surface area contributed by atoms with Crippen molar-refractivity contribution in [2.45, 2.75) is 33.6 Å². The SMILES string of the molecule is COc1ccc(C=NNC(=S)SCN2C(=O)[C@@H]3CC[C@@](C)(C2=O)C3(C)C)cc1. The van der Waals surface area contributed by atoms with Crippen molar-refractivity contribution in [2.24, 2.45) is 21.8 Å². The minimum atomic E-state index is -0.492. The van der Waals surface area contributed by atoms with E-state index in [1.54, 1.807) is 13.3 Å². The molecule has 2 aliphatic rings. The number of hydrazone groups is 1. The van der Waals surface area contributed by atoms with Crippen molar-refractivity contribution in [2.75, 3.05) is 13.0 Å². The predicted octanol–water partition coefficient (Wildman–Crippen LogP) is 3.41. The van der Waals surface area contributed by atoms with Gasteiger partial charge in [-0.2, -0.15) is 5.10 Å². The van der Waals surface area contributed by atoms with Crippen molar-refractivity contribution in [3.8, 4) is 5.75 Å². The summed E-state index contributed by atoms with van der Waals surface area (Å²) in [5.41, 5.74) is 2.88. The van der Waals surface area contributed by atoms with Gasteiger partial charge in [-0.05, 0) is 48.1 Å². The van der Waals surface area contributed by atoms with Crippen LogP contribution in [0.25, 0.3) is 0 Å². The van der Waals surface area contributed by atoms with Crippen molar-refractivity contribution >= 4 is 46.3 Å². The van der Waals surface area contributed by atoms with Gasteiger partial charge in [0.05, 0.1) is 24.6 Å². The summed E-state index contributed by atoms with van der Waals surface area (Å²) in [6.45, 7) is 6.05. The van der Waals surface area contributed by atoms with E-state index in [4.69, 9.17) is 17.0 Å². The molecule has 0 spiro atoms. The number of nitrogens with zero attached hydrogens (tertiary/aromatic N) is 2. The van der Waals surface area contributed by atoms with E-state index in [1.165, 1.54) is 16.7 Å². The van der Waals surface area contributed by atoms with E-state index in [9.17, 15) is 9.59 Å². The van der Waals surface area contributed by atoms with Crippen LogP contribution in [-0.4, -0.2) is 40.2 Å². The molecule has 3 rings (SSSR count). The normalized spacial score (nSPS) is 26.0. The van der Waals surface area contributed by atoms with Crippen LogP contribution in [0.5, 0.6) is 5.75 Å². The molecule has 2 amide bonds. The monoisotopic (exact) mass is 419 g/mol. The van der Waals surface area contributed by atoms with Crippen molar-refractivity contribution < 1.29 is 14.3 Å². The summed E-state index contributed by atoms with van der Waals surface area (Å²) in [6.07, 6.45) is 3.17. The quantitative estimate of drug-likeness (QED) is 0.341. The molecule has 8 heteroatoms. The van der Waals surface area contributed by atoms with Gasteiger partial charge in [-0.15, -0.1) is 0 Å². The molecule has 0 aromatic heterocycles. The maximum atomic E-state index is 13.0. The zero-order valence-corrected chi connectivity index (χ0v) is 18.2. The third-order valence-corrected chi connectivity index (χ3v) is 7.50. The van der Waals surface area contributed by atoms with E-state index in [1.807, 2.05) is 45.0 Å². The second kappa shape index (κ2) is 7.83. The van der Waals surface area contributed by atoms with Crippen molar-refractivity contribution in [3.05, 3.63) is 29.8 Å². The van der Waals surface area contributed by atoms with Crippen LogP contribution in [0.4, 0.5) is 0 Å². The van der Waals surface area contributed by atoms with Crippen molar-refractivity contribution in [1.29, 1.82) is 0 Å². The third kappa shape index (κ3) is 3.55. The Morgan fingerprint density at radius 1 is 1.36 bits per heavy atom. The summed E-state index contributed by atoms with van der Waals surface area (Å²) in [5.74, 6) is 0.711. The lowest BCUT2D eigenvalue weighted by molar-refractivity contribution is -0.166. The van der Waals surface area contributed by atoms with Crippen LogP contribution in [0.3, 0.4) is 0 Å². The molecule has 2 atom stereocenters. The number of methoxy groups -OCH3 is 1. The van der Waals surface area contributed by atoms with Gasteiger partial charge >= 0.3 is 0 Å². The van der Waals surface area contributed by atoms with Crippen LogP contribution in [0, 0.1) is 16.7 Å². The van der Waals surface area contributed by atoms with Crippen LogP contribution >= 0.6 is 24.0 Å². The number of carbonyl (C=O) groups is 2. The van der Waals surface area contributed by atoms with Crippen molar-refractivity contribution in [3.63, 3.8) is 0 Å². The summed E-state index contributed by atoms with van der Waals surface area (Å²) in [4.78, 5) is 27.2. The highest BCUT2D eigenvalue weighted by molar-refractivity contribution is 8.22. The average Bonchev–Trinajstić information content (AvgIpc) is 2.86. The van der Waals surface area contributed by atoms with Gasteiger partial charge in [0.25, 0.3) is 0 Å². The first-order valence-corrected chi connectivity index (χ1v) is 10.6. The molecule has 1 heterocycles. The summed E-state index contributed by atoms with van der Waals surface area (Å²) in [6, 6.07) is 7.45. The van der Waals surface area contributed by atoms with Gasteiger partial charge in [0.15, 0.2) is 4.32 Å². The number of fused-ring (bicyclic) bond motifs is 2. The lowest BCUT2D eigenvalue weighted by atomic mass is 9.62. The number of likely N-dealkylation sites (tertiary alicyclic amines) is 1. The first kappa shape index (κ1) is 20.8. The molecular formula is C20H25N3O3S2. The minimum Gasteiger partial charge on any atom is -0.497 e. The topological polar surface area (TPSA) is 71.0 Å². The van der Waals surface area contributed by atoms with Crippen LogP contribution in [0.15, 0.2) is 29.4 Å². The average molecular weight is 420 g/mol. The molecule has 150 valence electrons. The molecular weight excluding hydrogens is 394 g/mol. The van der Waals surface area contributed by atoms with Gasteiger partial charge in [0.1, 0.15) is 5.75 Å². The number of nitrogens with one attached hydrogen (secondary N) is 1. The number of thiocarbonyl (C=S) groups is 1. The largest absolute Gasteiger partial charge is 0.497 e. The molecule has 1 aromatic rings. The highest BCUT2D eigenvalue weighted by atomic mass is 32.2. The van der Waals surface area contributed by atoms with Crippen LogP contribution < -0.4 is 10.2 Å². The minimum absolute atomic E-state index is 0.0815. The smallest absolute Gasteiger partial charge is 0.236 e. The summed E-state index contributed by atoms with van der Waals surface area (Å²) in [7, 11) is 1.62. The summed E-state index contributed by atoms with van der Waals surface area (Å²) >= 11 is 6.50. The second-order valence-corrected chi connectivity index (χ2v) is 9.54. The van der Waals surface area contributed by atoms with Gasteiger partial charge in [-0.3, -0.25) is 19.9 Å². The van der Waals surface area contributed by atoms with E-state index < -0.39 is 5.41 Å². The molecule has 1 saturated heterocycles. The number of hydrogen-bond acceptors (Lipinski definition) is 6. The van der Waals surface area contributed by atoms with Crippen LogP contribution in [0.1, 0.15) is 39.2 Å². The number of imide groups is 1. The first-order chi connectivity index (χ1) is 13.2. The highest BCUT2D eigenvalue weighted by Gasteiger charge is 2.64. The van der Waals surface area contributed by atoms with E-state index in [-0.39, 0.29) is 29.0 Å². The molecule has 1 aromatic carbocycles. The van der Waals surface area contributed by atoms with Gasteiger partial charge in [0, 0.05) is 5.92 Å². The number of rotatable bonds is 5. The highest BCUT2D eigenvalue weighted by Crippen LogP contribution is 2.60. The summed E-state index contributed by atoms with van der Waals surface area (Å²) < 4.78 is 5.52. The zero-order chi connectivity index (χ0) is 20.5. The Labute approximate surface area is 175 Å². The maximum Gasteiger partial charge on any atom is 0.236 e. The predicted molar refractivity (Wildman–Crippen MR) is 115 cm³/mol. The number of carbonyl (C=O) groups excluding carboxylic acids is 2. The fraction of sp³-hybridized carbons (Fsp3) is 0.500. The number of amides is 2. The Hall–Kier alpha value is -1.93. The van der Waals surface area contributed by atoms with Gasteiger partial charge in [0.2, 0.25) is 11.8 Å². The number of hydrogen-bond donors (Lipinski definition) is 1. The Morgan fingerprint density at radius 2 is 2.04 bits per heavy atom. The number of ether oxygens (including phenoxy) is 1. The Bertz CT molecular complexity index is 822. The fourth-order valence-electron chi connectivity index (χ4n) is 4.03. The molecule has 2 fully saturated rings. The van der Waals surface area contributed by atoms with Gasteiger partial charge in [-0.1, -0.05) is 44.8 Å². The Morgan fingerprint density at radius 3 is 2.68 bits per heavy atom. The number of piperidine rings is 1. The molecule has 28 heavy (non-hydrogen) atoms.